The van der Waals surface area contributed by atoms with E-state index in [0.29, 0.717) is 5.69 Å². The maximum Gasteiger partial charge on any atom is 0.488 e. The molecule has 0 amide bonds. The molecule has 0 N–H and O–H groups in total. The van der Waals surface area contributed by atoms with Gasteiger partial charge >= 0.3 is 10.5 Å². The molecule has 0 radical (unpaired) electrons. The van der Waals surface area contributed by atoms with Gasteiger partial charge in [0, 0.05) is 12.4 Å². The highest BCUT2D eigenvalue weighted by Crippen LogP contribution is 2.23. The Kier molecular flexibility index (Phi) is 2.61. The standard InChI is InChI=1S/C9H7FN2O3S/c10-16(13,14)15-9-4-2-1-3-8(9)12-6-5-11-7-12/h1-7H. The van der Waals surface area contributed by atoms with Crippen LogP contribution < -0.4 is 4.18 Å². The Bertz CT molecular complexity index is 581. The second-order valence-corrected chi connectivity index (χ2v) is 3.87. The van der Waals surface area contributed by atoms with Crippen LogP contribution >= 0.6 is 0 Å². The molecule has 0 atom stereocenters. The third kappa shape index (κ3) is 2.37. The number of hydrogen-bond donors (Lipinski definition) is 0. The summed E-state index contributed by atoms with van der Waals surface area (Å²) in [4.78, 5) is 3.80. The van der Waals surface area contributed by atoms with E-state index in [1.54, 1.807) is 24.4 Å². The first kappa shape index (κ1) is 10.6. The first-order valence-electron chi connectivity index (χ1n) is 4.28. The molecular weight excluding hydrogens is 235 g/mol. The summed E-state index contributed by atoms with van der Waals surface area (Å²) in [6.45, 7) is 0. The molecule has 0 bridgehead atoms. The van der Waals surface area contributed by atoms with Crippen LogP contribution in [0.25, 0.3) is 5.69 Å². The van der Waals surface area contributed by atoms with Crippen LogP contribution in [0.2, 0.25) is 0 Å². The van der Waals surface area contributed by atoms with E-state index >= 15 is 0 Å². The molecule has 7 heteroatoms. The highest BCUT2D eigenvalue weighted by molar-refractivity contribution is 7.81. The van der Waals surface area contributed by atoms with E-state index in [2.05, 4.69) is 9.17 Å². The molecule has 2 aromatic rings. The summed E-state index contributed by atoms with van der Waals surface area (Å²) in [5.74, 6) is -0.0944. The van der Waals surface area contributed by atoms with Crippen molar-refractivity contribution in [1.82, 2.24) is 9.55 Å². The van der Waals surface area contributed by atoms with E-state index in [0.717, 1.165) is 0 Å². The van der Waals surface area contributed by atoms with Gasteiger partial charge in [-0.2, -0.15) is 8.42 Å². The minimum Gasteiger partial charge on any atom is -0.356 e. The average Bonchev–Trinajstić information content (AvgIpc) is 2.69. The normalized spacial score (nSPS) is 11.3. The van der Waals surface area contributed by atoms with E-state index in [1.807, 2.05) is 0 Å². The van der Waals surface area contributed by atoms with Crippen molar-refractivity contribution in [2.45, 2.75) is 0 Å². The van der Waals surface area contributed by atoms with Crippen LogP contribution in [0.4, 0.5) is 3.89 Å². The fourth-order valence-corrected chi connectivity index (χ4v) is 1.61. The summed E-state index contributed by atoms with van der Waals surface area (Å²) in [5.41, 5.74) is 0.390. The molecular formula is C9H7FN2O3S. The van der Waals surface area contributed by atoms with Crippen LogP contribution in [0.1, 0.15) is 0 Å². The number of para-hydroxylation sites is 2. The zero-order valence-electron chi connectivity index (χ0n) is 7.95. The molecule has 16 heavy (non-hydrogen) atoms. The summed E-state index contributed by atoms with van der Waals surface area (Å²) in [7, 11) is -5.02. The van der Waals surface area contributed by atoms with Gasteiger partial charge in [-0.15, -0.1) is 0 Å². The largest absolute Gasteiger partial charge is 0.488 e. The Labute approximate surface area is 91.5 Å². The Hall–Kier alpha value is -1.89. The van der Waals surface area contributed by atoms with Gasteiger partial charge in [0.25, 0.3) is 0 Å². The van der Waals surface area contributed by atoms with Crippen LogP contribution in [0.15, 0.2) is 43.0 Å². The van der Waals surface area contributed by atoms with Gasteiger partial charge < -0.3 is 8.75 Å². The smallest absolute Gasteiger partial charge is 0.356 e. The van der Waals surface area contributed by atoms with Crippen LogP contribution in [-0.2, 0) is 10.5 Å². The third-order valence-corrected chi connectivity index (χ3v) is 2.22. The third-order valence-electron chi connectivity index (χ3n) is 1.84. The molecule has 1 aromatic carbocycles. The van der Waals surface area contributed by atoms with Crippen molar-refractivity contribution in [3.8, 4) is 11.4 Å². The van der Waals surface area contributed by atoms with Crippen molar-refractivity contribution in [3.63, 3.8) is 0 Å². The second-order valence-electron chi connectivity index (χ2n) is 2.91. The summed E-state index contributed by atoms with van der Waals surface area (Å²) < 4.78 is 39.0. The molecule has 1 heterocycles. The fourth-order valence-electron chi connectivity index (χ4n) is 1.25. The number of imidazole rings is 1. The highest BCUT2D eigenvalue weighted by atomic mass is 32.3. The number of benzene rings is 1. The lowest BCUT2D eigenvalue weighted by Crippen LogP contribution is -2.04. The first-order chi connectivity index (χ1) is 7.56. The summed E-state index contributed by atoms with van der Waals surface area (Å²) in [6, 6.07) is 6.16. The SMILES string of the molecule is O=S(=O)(F)Oc1ccccc1-n1ccnc1. The van der Waals surface area contributed by atoms with Gasteiger partial charge in [0.05, 0.1) is 12.0 Å². The van der Waals surface area contributed by atoms with Crippen molar-refractivity contribution < 1.29 is 16.5 Å². The summed E-state index contributed by atoms with van der Waals surface area (Å²) in [6.07, 6.45) is 4.56. The van der Waals surface area contributed by atoms with E-state index in [9.17, 15) is 12.3 Å². The van der Waals surface area contributed by atoms with Crippen molar-refractivity contribution in [3.05, 3.63) is 43.0 Å². The van der Waals surface area contributed by atoms with E-state index in [1.165, 1.54) is 23.2 Å². The van der Waals surface area contributed by atoms with Crippen LogP contribution in [-0.4, -0.2) is 18.0 Å². The molecule has 0 saturated carbocycles. The molecule has 0 saturated heterocycles. The highest BCUT2D eigenvalue weighted by Gasteiger charge is 2.13. The van der Waals surface area contributed by atoms with E-state index in [-0.39, 0.29) is 5.75 Å². The van der Waals surface area contributed by atoms with Crippen LogP contribution in [0.5, 0.6) is 5.75 Å². The molecule has 1 aromatic heterocycles. The number of hydrogen-bond acceptors (Lipinski definition) is 4. The number of halogens is 1. The van der Waals surface area contributed by atoms with Crippen molar-refractivity contribution in [2.24, 2.45) is 0 Å². The van der Waals surface area contributed by atoms with Gasteiger partial charge in [-0.3, -0.25) is 0 Å². The molecule has 0 aliphatic heterocycles. The van der Waals surface area contributed by atoms with Crippen molar-refractivity contribution in [2.75, 3.05) is 0 Å². The lowest BCUT2D eigenvalue weighted by Gasteiger charge is -2.07. The van der Waals surface area contributed by atoms with Gasteiger partial charge in [0.15, 0.2) is 5.75 Å². The zero-order chi connectivity index (χ0) is 11.6. The Morgan fingerprint density at radius 3 is 2.69 bits per heavy atom. The van der Waals surface area contributed by atoms with Gasteiger partial charge in [-0.25, -0.2) is 4.98 Å². The van der Waals surface area contributed by atoms with E-state index in [4.69, 9.17) is 0 Å². The predicted octanol–water partition coefficient (Wildman–Crippen LogP) is 1.47. The lowest BCUT2D eigenvalue weighted by molar-refractivity contribution is 0.439. The molecule has 0 aliphatic rings. The zero-order valence-corrected chi connectivity index (χ0v) is 8.76. The van der Waals surface area contributed by atoms with Crippen LogP contribution in [0, 0.1) is 0 Å². The molecule has 2 rings (SSSR count). The average molecular weight is 242 g/mol. The number of aromatic nitrogens is 2. The second kappa shape index (κ2) is 3.93. The van der Waals surface area contributed by atoms with Crippen molar-refractivity contribution in [1.29, 1.82) is 0 Å². The molecule has 0 spiro atoms. The number of nitrogens with zero attached hydrogens (tertiary/aromatic N) is 2. The topological polar surface area (TPSA) is 61.2 Å². The monoisotopic (exact) mass is 242 g/mol. The maximum absolute atomic E-state index is 12.4. The minimum atomic E-state index is -5.02. The van der Waals surface area contributed by atoms with Crippen molar-refractivity contribution >= 4 is 10.5 Å². The molecule has 5 nitrogen and oxygen atoms in total. The Balaban J connectivity index is 2.47. The quantitative estimate of drug-likeness (QED) is 0.764. The van der Waals surface area contributed by atoms with Crippen LogP contribution in [0.3, 0.4) is 0 Å². The van der Waals surface area contributed by atoms with Gasteiger partial charge in [0.1, 0.15) is 0 Å². The van der Waals surface area contributed by atoms with Gasteiger partial charge in [0.2, 0.25) is 0 Å². The maximum atomic E-state index is 12.4. The molecule has 0 fully saturated rings. The fraction of sp³-hybridized carbons (Fsp3) is 0. The summed E-state index contributed by atoms with van der Waals surface area (Å²) >= 11 is 0. The Morgan fingerprint density at radius 1 is 1.31 bits per heavy atom. The van der Waals surface area contributed by atoms with Gasteiger partial charge in [-0.1, -0.05) is 16.0 Å². The Morgan fingerprint density at radius 2 is 2.06 bits per heavy atom. The number of rotatable bonds is 3. The van der Waals surface area contributed by atoms with E-state index < -0.39 is 10.5 Å². The molecule has 0 unspecified atom stereocenters. The summed E-state index contributed by atoms with van der Waals surface area (Å²) in [5, 5.41) is 0. The lowest BCUT2D eigenvalue weighted by atomic mass is 10.3. The van der Waals surface area contributed by atoms with Gasteiger partial charge in [-0.05, 0) is 12.1 Å². The molecule has 84 valence electrons. The first-order valence-corrected chi connectivity index (χ1v) is 5.58. The molecule has 0 aliphatic carbocycles. The predicted molar refractivity (Wildman–Crippen MR) is 54.2 cm³/mol. The minimum absolute atomic E-state index is 0.0944.